The minimum absolute atomic E-state index is 0.0442. The average Bonchev–Trinajstić information content (AvgIpc) is 2.64. The maximum atomic E-state index is 13.4. The van der Waals surface area contributed by atoms with E-state index in [0.717, 1.165) is 30.9 Å². The van der Waals surface area contributed by atoms with Crippen molar-refractivity contribution in [2.24, 2.45) is 17.3 Å². The number of rotatable bonds is 6. The van der Waals surface area contributed by atoms with Gasteiger partial charge in [-0.2, -0.15) is 0 Å². The quantitative estimate of drug-likeness (QED) is 0.307. The van der Waals surface area contributed by atoms with Crippen LogP contribution in [0.3, 0.4) is 0 Å². The Morgan fingerprint density at radius 2 is 2.00 bits per heavy atom. The first kappa shape index (κ1) is 21.8. The molecule has 2 rings (SSSR count). The number of nitrogens with two attached hydrogens (primary N) is 1. The van der Waals surface area contributed by atoms with Crippen molar-refractivity contribution < 1.29 is 18.8 Å². The molecule has 6 heteroatoms. The molecule has 3 N–H and O–H groups in total. The van der Waals surface area contributed by atoms with Crippen molar-refractivity contribution in [1.29, 1.82) is 0 Å². The first-order valence-corrected chi connectivity index (χ1v) is 9.22. The van der Waals surface area contributed by atoms with Gasteiger partial charge in [0.15, 0.2) is 11.6 Å². The Hall–Kier alpha value is -2.47. The van der Waals surface area contributed by atoms with E-state index in [0.29, 0.717) is 16.7 Å². The van der Waals surface area contributed by atoms with Gasteiger partial charge in [-0.1, -0.05) is 37.3 Å². The first-order chi connectivity index (χ1) is 13.0. The number of amides is 1. The smallest absolute Gasteiger partial charge is 0.279 e. The molecule has 152 valence electrons. The Kier molecular flexibility index (Phi) is 6.44. The lowest BCUT2D eigenvalue weighted by molar-refractivity contribution is -0.0532. The van der Waals surface area contributed by atoms with Crippen molar-refractivity contribution in [3.8, 4) is 0 Å². The van der Waals surface area contributed by atoms with Crippen LogP contribution in [-0.4, -0.2) is 22.7 Å². The summed E-state index contributed by atoms with van der Waals surface area (Å²) in [6.45, 7) is 16.1. The summed E-state index contributed by atoms with van der Waals surface area (Å²) >= 11 is 0. The molecule has 28 heavy (non-hydrogen) atoms. The second kappa shape index (κ2) is 8.27. The summed E-state index contributed by atoms with van der Waals surface area (Å²) in [6, 6.07) is 1.41. The van der Waals surface area contributed by atoms with E-state index in [2.05, 4.69) is 26.7 Å². The van der Waals surface area contributed by atoms with E-state index >= 15 is 0 Å². The van der Waals surface area contributed by atoms with Gasteiger partial charge in [-0.15, -0.1) is 6.58 Å². The number of benzene rings is 1. The number of nitrogens with zero attached hydrogens (tertiary/aromatic N) is 1. The van der Waals surface area contributed by atoms with Crippen molar-refractivity contribution >= 4 is 11.6 Å². The first-order valence-electron chi connectivity index (χ1n) is 9.22. The molecule has 1 aromatic carbocycles. The van der Waals surface area contributed by atoms with Crippen LogP contribution in [0.15, 0.2) is 49.1 Å². The van der Waals surface area contributed by atoms with E-state index in [1.54, 1.807) is 0 Å². The maximum Gasteiger partial charge on any atom is 0.279 e. The molecule has 4 nitrogen and oxygen atoms in total. The summed E-state index contributed by atoms with van der Waals surface area (Å²) in [7, 11) is 0. The molecule has 1 aromatic rings. The highest BCUT2D eigenvalue weighted by atomic mass is 19.2. The maximum absolute atomic E-state index is 13.4. The largest absolute Gasteiger partial charge is 0.398 e. The van der Waals surface area contributed by atoms with Crippen LogP contribution in [0.5, 0.6) is 0 Å². The molecule has 1 aliphatic carbocycles. The van der Waals surface area contributed by atoms with Crippen molar-refractivity contribution in [1.82, 2.24) is 5.06 Å². The third-order valence-electron chi connectivity index (χ3n) is 5.90. The highest BCUT2D eigenvalue weighted by Gasteiger charge is 2.39. The molecule has 0 spiro atoms. The van der Waals surface area contributed by atoms with Crippen molar-refractivity contribution in [2.75, 3.05) is 12.3 Å². The minimum atomic E-state index is -1.20. The van der Waals surface area contributed by atoms with Crippen LogP contribution in [0, 0.1) is 28.9 Å². The van der Waals surface area contributed by atoms with Gasteiger partial charge in [0.2, 0.25) is 0 Å². The minimum Gasteiger partial charge on any atom is -0.398 e. The molecule has 3 atom stereocenters. The lowest BCUT2D eigenvalue weighted by atomic mass is 9.61. The zero-order valence-electron chi connectivity index (χ0n) is 16.5. The number of anilines is 1. The molecule has 0 aromatic heterocycles. The van der Waals surface area contributed by atoms with Gasteiger partial charge in [0.25, 0.3) is 5.91 Å². The van der Waals surface area contributed by atoms with E-state index < -0.39 is 17.5 Å². The van der Waals surface area contributed by atoms with Gasteiger partial charge in [0, 0.05) is 11.8 Å². The molecule has 0 heterocycles. The third kappa shape index (κ3) is 4.33. The fourth-order valence-corrected chi connectivity index (χ4v) is 3.99. The summed E-state index contributed by atoms with van der Waals surface area (Å²) in [5, 5.41) is 10.6. The van der Waals surface area contributed by atoms with E-state index in [1.807, 2.05) is 13.0 Å². The van der Waals surface area contributed by atoms with E-state index in [-0.39, 0.29) is 35.0 Å². The van der Waals surface area contributed by atoms with Crippen LogP contribution in [0.1, 0.15) is 43.5 Å². The molecule has 0 radical (unpaired) electrons. The number of carbonyl (C=O) groups is 1. The Labute approximate surface area is 165 Å². The summed E-state index contributed by atoms with van der Waals surface area (Å²) in [5.41, 5.74) is 6.76. The second-order valence-corrected chi connectivity index (χ2v) is 7.95. The highest BCUT2D eigenvalue weighted by Crippen LogP contribution is 2.48. The lowest BCUT2D eigenvalue weighted by Gasteiger charge is -2.44. The van der Waals surface area contributed by atoms with Crippen molar-refractivity contribution in [3.63, 3.8) is 0 Å². The topological polar surface area (TPSA) is 66.6 Å². The third-order valence-corrected chi connectivity index (χ3v) is 5.90. The van der Waals surface area contributed by atoms with Crippen LogP contribution in [0.2, 0.25) is 0 Å². The molecule has 1 amide bonds. The van der Waals surface area contributed by atoms with Gasteiger partial charge < -0.3 is 5.73 Å². The standard InChI is InChI=1S/C22H28F2N2O2/c1-6-22(5)8-7-15(9-17(22)13(2)3)14(4)12-26(28)21(27)16-10-18(23)19(24)11-20(16)25/h6,10-11,15,17,28H,1-2,4,7-9,12,25H2,3,5H3/t15-,17+,22-/m1/s1. The average molecular weight is 390 g/mol. The highest BCUT2D eigenvalue weighted by molar-refractivity contribution is 5.98. The Morgan fingerprint density at radius 1 is 1.39 bits per heavy atom. The van der Waals surface area contributed by atoms with Crippen LogP contribution >= 0.6 is 0 Å². The zero-order chi connectivity index (χ0) is 21.2. The Bertz CT molecular complexity index is 821. The molecule has 0 bridgehead atoms. The molecule has 1 fully saturated rings. The Morgan fingerprint density at radius 3 is 2.57 bits per heavy atom. The zero-order valence-corrected chi connectivity index (χ0v) is 16.5. The summed E-state index contributed by atoms with van der Waals surface area (Å²) in [5.74, 6) is -2.93. The summed E-state index contributed by atoms with van der Waals surface area (Å²) in [4.78, 5) is 12.4. The predicted molar refractivity (Wildman–Crippen MR) is 107 cm³/mol. The van der Waals surface area contributed by atoms with Gasteiger partial charge in [-0.25, -0.2) is 13.8 Å². The van der Waals surface area contributed by atoms with E-state index in [9.17, 15) is 18.8 Å². The molecule has 1 saturated carbocycles. The van der Waals surface area contributed by atoms with Crippen LogP contribution < -0.4 is 5.73 Å². The summed E-state index contributed by atoms with van der Waals surface area (Å²) < 4.78 is 26.6. The number of hydrogen-bond acceptors (Lipinski definition) is 3. The van der Waals surface area contributed by atoms with Crippen LogP contribution in [0.25, 0.3) is 0 Å². The van der Waals surface area contributed by atoms with Crippen molar-refractivity contribution in [2.45, 2.75) is 33.1 Å². The number of allylic oxidation sites excluding steroid dienone is 2. The summed E-state index contributed by atoms with van der Waals surface area (Å²) in [6.07, 6.45) is 4.51. The number of halogens is 2. The normalized spacial score (nSPS) is 24.5. The van der Waals surface area contributed by atoms with Gasteiger partial charge in [-0.05, 0) is 49.5 Å². The Balaban J connectivity index is 2.10. The van der Waals surface area contributed by atoms with E-state index in [4.69, 9.17) is 5.73 Å². The molecule has 0 aliphatic heterocycles. The van der Waals surface area contributed by atoms with Gasteiger partial charge in [0.1, 0.15) is 0 Å². The number of hydroxylamine groups is 2. The van der Waals surface area contributed by atoms with E-state index in [1.165, 1.54) is 0 Å². The van der Waals surface area contributed by atoms with Gasteiger partial charge in [-0.3, -0.25) is 10.0 Å². The monoisotopic (exact) mass is 390 g/mol. The van der Waals surface area contributed by atoms with Gasteiger partial charge >= 0.3 is 0 Å². The molecule has 1 aliphatic rings. The predicted octanol–water partition coefficient (Wildman–Crippen LogP) is 5.12. The second-order valence-electron chi connectivity index (χ2n) is 7.95. The number of nitrogen functional groups attached to an aromatic ring is 1. The van der Waals surface area contributed by atoms with Crippen LogP contribution in [-0.2, 0) is 0 Å². The molecular formula is C22H28F2N2O2. The van der Waals surface area contributed by atoms with Crippen molar-refractivity contribution in [3.05, 3.63) is 66.3 Å². The fraction of sp³-hybridized carbons (Fsp3) is 0.409. The SMILES string of the molecule is C=C[C@]1(C)CC[C@@H](C(=C)CN(O)C(=O)c2cc(F)c(F)cc2N)C[C@H]1C(=C)C. The fourth-order valence-electron chi connectivity index (χ4n) is 3.99. The lowest BCUT2D eigenvalue weighted by Crippen LogP contribution is -2.36. The van der Waals surface area contributed by atoms with Gasteiger partial charge in [0.05, 0.1) is 12.1 Å². The van der Waals surface area contributed by atoms with Crippen LogP contribution in [0.4, 0.5) is 14.5 Å². The molecule has 0 saturated heterocycles. The number of hydrogen-bond donors (Lipinski definition) is 2. The number of carbonyl (C=O) groups excluding carboxylic acids is 1. The molecule has 0 unspecified atom stereocenters. The molecular weight excluding hydrogens is 362 g/mol.